The lowest BCUT2D eigenvalue weighted by molar-refractivity contribution is -0.152. The standard InChI is InChI=1S/C22H27FN4O2.C4H6O5/c1-5-27(6-2)10-9-24-22(29)20-13(3)19(25-14(20)4)12-17-16-11-15(23)7-8-18(16)26-21(17)28;5-2(4(8)9)1-3(6)7/h7-8,11-12,20H,5-6,9-10H2,1-4H3,(H,24,29)(H,26,28);2,5H,1H2,(H,6,7)(H,8,9)/b17-12-;. The number of allylic oxidation sites excluding steroid dienone is 1. The molecule has 206 valence electrons. The highest BCUT2D eigenvalue weighted by atomic mass is 19.1. The Morgan fingerprint density at radius 2 is 1.87 bits per heavy atom. The third kappa shape index (κ3) is 7.80. The number of aliphatic imine (C=N–C) groups is 1. The Kier molecular flexibility index (Phi) is 10.8. The number of aliphatic carboxylic acids is 2. The molecule has 11 nitrogen and oxygen atoms in total. The maximum Gasteiger partial charge on any atom is 0.333 e. The number of carbonyl (C=O) groups is 4. The molecule has 2 atom stereocenters. The Balaban J connectivity index is 0.000000484. The first-order valence-electron chi connectivity index (χ1n) is 12.1. The lowest BCUT2D eigenvalue weighted by Crippen LogP contribution is -2.39. The normalized spacial score (nSPS) is 18.0. The van der Waals surface area contributed by atoms with E-state index in [1.807, 2.05) is 13.8 Å². The highest BCUT2D eigenvalue weighted by Crippen LogP contribution is 2.35. The predicted molar refractivity (Wildman–Crippen MR) is 139 cm³/mol. The minimum atomic E-state index is -1.79. The van der Waals surface area contributed by atoms with Crippen LogP contribution in [0.1, 0.15) is 39.7 Å². The predicted octanol–water partition coefficient (Wildman–Crippen LogP) is 1.89. The van der Waals surface area contributed by atoms with Crippen molar-refractivity contribution < 1.29 is 38.9 Å². The topological polar surface area (TPSA) is 169 Å². The summed E-state index contributed by atoms with van der Waals surface area (Å²) in [4.78, 5) is 51.2. The van der Waals surface area contributed by atoms with E-state index in [1.54, 1.807) is 12.1 Å². The molecule has 38 heavy (non-hydrogen) atoms. The van der Waals surface area contributed by atoms with Gasteiger partial charge >= 0.3 is 11.9 Å². The first-order chi connectivity index (χ1) is 17.9. The van der Waals surface area contributed by atoms with E-state index in [2.05, 4.69) is 34.4 Å². The van der Waals surface area contributed by atoms with Gasteiger partial charge in [-0.25, -0.2) is 9.18 Å². The number of nitrogens with one attached hydrogen (secondary N) is 2. The van der Waals surface area contributed by atoms with Crippen molar-refractivity contribution in [2.24, 2.45) is 10.9 Å². The SMILES string of the molecule is CCN(CC)CCNC(=O)C1C(C)=NC(/C=C2\C(=O)Nc3ccc(F)cc32)=C1C.O=C(O)CC(O)C(=O)O. The van der Waals surface area contributed by atoms with Gasteiger partial charge in [0.2, 0.25) is 5.91 Å². The number of anilines is 1. The zero-order chi connectivity index (χ0) is 28.6. The van der Waals surface area contributed by atoms with Crippen LogP contribution < -0.4 is 10.6 Å². The number of aliphatic hydroxyl groups excluding tert-OH is 1. The first kappa shape index (κ1) is 30.3. The van der Waals surface area contributed by atoms with Gasteiger partial charge < -0.3 is 30.9 Å². The Morgan fingerprint density at radius 3 is 2.42 bits per heavy atom. The summed E-state index contributed by atoms with van der Waals surface area (Å²) in [5.41, 5.74) is 3.49. The van der Waals surface area contributed by atoms with Crippen molar-refractivity contribution in [3.05, 3.63) is 46.9 Å². The lowest BCUT2D eigenvalue weighted by Gasteiger charge is -2.19. The zero-order valence-electron chi connectivity index (χ0n) is 21.7. The monoisotopic (exact) mass is 532 g/mol. The number of carboxylic acids is 2. The van der Waals surface area contributed by atoms with Crippen molar-refractivity contribution in [2.75, 3.05) is 31.5 Å². The number of hydrogen-bond donors (Lipinski definition) is 5. The van der Waals surface area contributed by atoms with Crippen LogP contribution in [0.15, 0.2) is 40.5 Å². The molecule has 0 aromatic heterocycles. The maximum absolute atomic E-state index is 13.6. The first-order valence-corrected chi connectivity index (χ1v) is 12.1. The minimum absolute atomic E-state index is 0.0911. The van der Waals surface area contributed by atoms with Crippen LogP contribution >= 0.6 is 0 Å². The van der Waals surface area contributed by atoms with Crippen molar-refractivity contribution in [2.45, 2.75) is 40.2 Å². The minimum Gasteiger partial charge on any atom is -0.481 e. The lowest BCUT2D eigenvalue weighted by atomic mass is 9.95. The largest absolute Gasteiger partial charge is 0.481 e. The molecule has 0 fully saturated rings. The number of aliphatic hydroxyl groups is 1. The number of halogens is 1. The summed E-state index contributed by atoms with van der Waals surface area (Å²) < 4.78 is 13.6. The second-order valence-electron chi connectivity index (χ2n) is 8.73. The summed E-state index contributed by atoms with van der Waals surface area (Å²) in [5.74, 6) is -4.09. The number of carbonyl (C=O) groups excluding carboxylic acids is 2. The van der Waals surface area contributed by atoms with Crippen LogP contribution in [0.25, 0.3) is 5.57 Å². The van der Waals surface area contributed by atoms with E-state index in [0.717, 1.165) is 25.2 Å². The van der Waals surface area contributed by atoms with E-state index in [4.69, 9.17) is 15.3 Å². The average molecular weight is 533 g/mol. The van der Waals surface area contributed by atoms with Gasteiger partial charge in [-0.2, -0.15) is 0 Å². The molecule has 0 spiro atoms. The van der Waals surface area contributed by atoms with Gasteiger partial charge in [-0.05, 0) is 56.8 Å². The third-order valence-corrected chi connectivity index (χ3v) is 6.13. The highest BCUT2D eigenvalue weighted by molar-refractivity contribution is 6.32. The molecule has 2 amide bonds. The molecule has 5 N–H and O–H groups in total. The Labute approximate surface area is 219 Å². The Hall–Kier alpha value is -3.90. The van der Waals surface area contributed by atoms with E-state index in [0.29, 0.717) is 34.8 Å². The fourth-order valence-corrected chi connectivity index (χ4v) is 4.01. The fourth-order valence-electron chi connectivity index (χ4n) is 4.01. The molecule has 12 heteroatoms. The molecule has 0 saturated heterocycles. The molecule has 2 aliphatic rings. The average Bonchev–Trinajstić information content (AvgIpc) is 3.31. The smallest absolute Gasteiger partial charge is 0.333 e. The van der Waals surface area contributed by atoms with Crippen LogP contribution in [-0.4, -0.2) is 82.0 Å². The second-order valence-corrected chi connectivity index (χ2v) is 8.73. The quantitative estimate of drug-likeness (QED) is 0.285. The molecule has 1 aromatic rings. The molecule has 0 saturated carbocycles. The number of likely N-dealkylation sites (N-methyl/N-ethyl adjacent to an activating group) is 1. The molecular weight excluding hydrogens is 499 g/mol. The number of benzene rings is 1. The van der Waals surface area contributed by atoms with Gasteiger partial charge in [0.15, 0.2) is 6.10 Å². The maximum atomic E-state index is 13.6. The van der Waals surface area contributed by atoms with Crippen LogP contribution in [-0.2, 0) is 19.2 Å². The number of fused-ring (bicyclic) bond motifs is 1. The molecule has 1 aromatic carbocycles. The van der Waals surface area contributed by atoms with Crippen LogP contribution in [0.5, 0.6) is 0 Å². The molecule has 2 aliphatic heterocycles. The van der Waals surface area contributed by atoms with Crippen LogP contribution in [0.2, 0.25) is 0 Å². The van der Waals surface area contributed by atoms with Gasteiger partial charge in [0.1, 0.15) is 5.82 Å². The molecule has 2 heterocycles. The van der Waals surface area contributed by atoms with Crippen LogP contribution in [0.3, 0.4) is 0 Å². The summed E-state index contributed by atoms with van der Waals surface area (Å²) in [7, 11) is 0. The van der Waals surface area contributed by atoms with Gasteiger partial charge in [-0.1, -0.05) is 13.8 Å². The summed E-state index contributed by atoms with van der Waals surface area (Å²) >= 11 is 0. The molecule has 3 rings (SSSR count). The second kappa shape index (κ2) is 13.6. The fraction of sp³-hybridized carbons (Fsp3) is 0.423. The van der Waals surface area contributed by atoms with Gasteiger partial charge in [-0.3, -0.25) is 19.4 Å². The van der Waals surface area contributed by atoms with Crippen molar-refractivity contribution in [1.29, 1.82) is 0 Å². The van der Waals surface area contributed by atoms with E-state index in [1.165, 1.54) is 12.1 Å². The third-order valence-electron chi connectivity index (χ3n) is 6.13. The van der Waals surface area contributed by atoms with Gasteiger partial charge in [-0.15, -0.1) is 0 Å². The molecule has 0 radical (unpaired) electrons. The molecule has 0 bridgehead atoms. The summed E-state index contributed by atoms with van der Waals surface area (Å²) in [5, 5.41) is 29.9. The van der Waals surface area contributed by atoms with Crippen molar-refractivity contribution in [3.63, 3.8) is 0 Å². The Morgan fingerprint density at radius 1 is 1.21 bits per heavy atom. The number of amides is 2. The molecular formula is C26H33FN4O7. The van der Waals surface area contributed by atoms with Crippen molar-refractivity contribution in [3.8, 4) is 0 Å². The zero-order valence-corrected chi connectivity index (χ0v) is 21.7. The number of rotatable bonds is 10. The van der Waals surface area contributed by atoms with E-state index in [-0.39, 0.29) is 11.8 Å². The van der Waals surface area contributed by atoms with Gasteiger partial charge in [0, 0.05) is 30.1 Å². The Bertz CT molecular complexity index is 1190. The van der Waals surface area contributed by atoms with Gasteiger partial charge in [0.05, 0.1) is 23.6 Å². The highest BCUT2D eigenvalue weighted by Gasteiger charge is 2.31. The van der Waals surface area contributed by atoms with Gasteiger partial charge in [0.25, 0.3) is 5.91 Å². The van der Waals surface area contributed by atoms with Crippen molar-refractivity contribution >= 4 is 40.7 Å². The molecule has 0 aliphatic carbocycles. The van der Waals surface area contributed by atoms with E-state index >= 15 is 0 Å². The number of carboxylic acid groups (broad SMARTS) is 2. The summed E-state index contributed by atoms with van der Waals surface area (Å²) in [6.07, 6.45) is -0.902. The molecule has 2 unspecified atom stereocenters. The number of hydrogen-bond acceptors (Lipinski definition) is 7. The summed E-state index contributed by atoms with van der Waals surface area (Å²) in [6, 6.07) is 4.18. The van der Waals surface area contributed by atoms with Crippen LogP contribution in [0.4, 0.5) is 10.1 Å². The summed E-state index contributed by atoms with van der Waals surface area (Å²) in [6.45, 7) is 11.1. The number of nitrogens with zero attached hydrogens (tertiary/aromatic N) is 2. The van der Waals surface area contributed by atoms with Crippen molar-refractivity contribution in [1.82, 2.24) is 10.2 Å². The van der Waals surface area contributed by atoms with Crippen LogP contribution in [0, 0.1) is 11.7 Å². The van der Waals surface area contributed by atoms with E-state index in [9.17, 15) is 23.6 Å². The van der Waals surface area contributed by atoms with E-state index < -0.39 is 36.2 Å².